The molecule has 0 spiro atoms. The number of sulfonamides is 1. The van der Waals surface area contributed by atoms with Gasteiger partial charge in [-0.1, -0.05) is 59.6 Å². The van der Waals surface area contributed by atoms with Crippen molar-refractivity contribution in [3.63, 3.8) is 0 Å². The molecule has 31 heavy (non-hydrogen) atoms. The number of hydrogen-bond acceptors (Lipinski definition) is 4. The summed E-state index contributed by atoms with van der Waals surface area (Å²) in [7, 11) is -4.03. The van der Waals surface area contributed by atoms with E-state index in [9.17, 15) is 13.2 Å². The number of nitrogens with one attached hydrogen (secondary N) is 1. The molecule has 3 aromatic rings. The Kier molecular flexibility index (Phi) is 7.33. The van der Waals surface area contributed by atoms with Crippen LogP contribution in [0.3, 0.4) is 0 Å². The van der Waals surface area contributed by atoms with Gasteiger partial charge in [0.05, 0.1) is 16.8 Å². The largest absolute Gasteiger partial charge is 0.271 e. The second-order valence-electron chi connectivity index (χ2n) is 6.60. The van der Waals surface area contributed by atoms with Crippen LogP contribution in [0.25, 0.3) is 0 Å². The average molecular weight is 476 g/mol. The number of halogens is 2. The molecule has 3 rings (SSSR count). The molecule has 0 bridgehead atoms. The third-order valence-electron chi connectivity index (χ3n) is 4.31. The topological polar surface area (TPSA) is 78.8 Å². The van der Waals surface area contributed by atoms with Crippen molar-refractivity contribution < 1.29 is 13.2 Å². The molecular formula is C22H19Cl2N3O3S. The highest BCUT2D eigenvalue weighted by molar-refractivity contribution is 7.92. The van der Waals surface area contributed by atoms with Crippen molar-refractivity contribution in [3.8, 4) is 0 Å². The van der Waals surface area contributed by atoms with Crippen molar-refractivity contribution in [1.82, 2.24) is 5.43 Å². The third-order valence-corrected chi connectivity index (χ3v) is 6.55. The molecule has 0 atom stereocenters. The molecule has 0 aliphatic carbocycles. The van der Waals surface area contributed by atoms with Crippen LogP contribution >= 0.6 is 23.2 Å². The standard InChI is InChI=1S/C22H19Cl2N3O3S/c1-16-10-11-19(24)13-21(16)27(31(29,30)20-8-3-2-4-9-20)15-22(28)26-25-14-17-6-5-7-18(23)12-17/h2-14H,15H2,1H3,(H,26,28)/b25-14-. The van der Waals surface area contributed by atoms with Crippen molar-refractivity contribution in [2.75, 3.05) is 10.8 Å². The van der Waals surface area contributed by atoms with Gasteiger partial charge in [-0.2, -0.15) is 5.10 Å². The Labute approximate surface area is 191 Å². The number of nitrogens with zero attached hydrogens (tertiary/aromatic N) is 2. The molecular weight excluding hydrogens is 457 g/mol. The Balaban J connectivity index is 1.88. The lowest BCUT2D eigenvalue weighted by Gasteiger charge is -2.25. The number of amides is 1. The SMILES string of the molecule is Cc1ccc(Cl)cc1N(CC(=O)N/N=C\c1cccc(Cl)c1)S(=O)(=O)c1ccccc1. The van der Waals surface area contributed by atoms with E-state index in [1.807, 2.05) is 0 Å². The van der Waals surface area contributed by atoms with Crippen LogP contribution in [-0.2, 0) is 14.8 Å². The number of carbonyl (C=O) groups excluding carboxylic acids is 1. The monoisotopic (exact) mass is 475 g/mol. The first kappa shape index (κ1) is 22.8. The first-order valence-corrected chi connectivity index (χ1v) is 11.4. The molecule has 0 saturated heterocycles. The molecule has 0 aliphatic heterocycles. The van der Waals surface area contributed by atoms with Gasteiger partial charge in [0, 0.05) is 10.0 Å². The Morgan fingerprint density at radius 1 is 1.00 bits per heavy atom. The fraction of sp³-hybridized carbons (Fsp3) is 0.0909. The minimum atomic E-state index is -4.03. The number of carbonyl (C=O) groups is 1. The summed E-state index contributed by atoms with van der Waals surface area (Å²) in [6.07, 6.45) is 1.42. The van der Waals surface area contributed by atoms with E-state index in [4.69, 9.17) is 23.2 Å². The minimum Gasteiger partial charge on any atom is -0.271 e. The van der Waals surface area contributed by atoms with Crippen molar-refractivity contribution in [1.29, 1.82) is 0 Å². The molecule has 0 heterocycles. The van der Waals surface area contributed by atoms with E-state index < -0.39 is 22.5 Å². The molecule has 0 fully saturated rings. The zero-order valence-corrected chi connectivity index (χ0v) is 18.8. The maximum absolute atomic E-state index is 13.3. The lowest BCUT2D eigenvalue weighted by atomic mass is 10.2. The van der Waals surface area contributed by atoms with Crippen LogP contribution in [0.2, 0.25) is 10.0 Å². The second kappa shape index (κ2) is 9.96. The molecule has 9 heteroatoms. The van der Waals surface area contributed by atoms with E-state index in [-0.39, 0.29) is 4.90 Å². The summed E-state index contributed by atoms with van der Waals surface area (Å²) in [4.78, 5) is 12.6. The molecule has 1 N–H and O–H groups in total. The van der Waals surface area contributed by atoms with Gasteiger partial charge in [-0.05, 0) is 54.4 Å². The van der Waals surface area contributed by atoms with Gasteiger partial charge in [-0.3, -0.25) is 9.10 Å². The average Bonchev–Trinajstić information content (AvgIpc) is 2.74. The number of hydrazone groups is 1. The zero-order valence-electron chi connectivity index (χ0n) is 16.5. The van der Waals surface area contributed by atoms with E-state index in [0.717, 1.165) is 4.31 Å². The van der Waals surface area contributed by atoms with E-state index >= 15 is 0 Å². The third kappa shape index (κ3) is 5.85. The van der Waals surface area contributed by atoms with E-state index in [1.165, 1.54) is 24.4 Å². The van der Waals surface area contributed by atoms with E-state index in [0.29, 0.717) is 26.9 Å². The summed E-state index contributed by atoms with van der Waals surface area (Å²) in [5, 5.41) is 4.78. The van der Waals surface area contributed by atoms with Crippen LogP contribution in [0.15, 0.2) is 82.8 Å². The first-order chi connectivity index (χ1) is 14.8. The highest BCUT2D eigenvalue weighted by Crippen LogP contribution is 2.29. The van der Waals surface area contributed by atoms with Crippen LogP contribution in [0, 0.1) is 6.92 Å². The van der Waals surface area contributed by atoms with Crippen LogP contribution in [-0.4, -0.2) is 27.1 Å². The molecule has 3 aromatic carbocycles. The van der Waals surface area contributed by atoms with Gasteiger partial charge in [0.2, 0.25) is 0 Å². The Morgan fingerprint density at radius 3 is 2.42 bits per heavy atom. The first-order valence-electron chi connectivity index (χ1n) is 9.19. The van der Waals surface area contributed by atoms with Crippen LogP contribution in [0.4, 0.5) is 5.69 Å². The summed E-state index contributed by atoms with van der Waals surface area (Å²) in [6, 6.07) is 19.7. The number of aryl methyl sites for hydroxylation is 1. The van der Waals surface area contributed by atoms with Gasteiger partial charge in [0.15, 0.2) is 0 Å². The number of benzene rings is 3. The Hall–Kier alpha value is -2.87. The highest BCUT2D eigenvalue weighted by Gasteiger charge is 2.28. The molecule has 0 aromatic heterocycles. The van der Waals surface area contributed by atoms with E-state index in [1.54, 1.807) is 61.5 Å². The molecule has 0 aliphatic rings. The zero-order chi connectivity index (χ0) is 22.4. The second-order valence-corrected chi connectivity index (χ2v) is 9.34. The minimum absolute atomic E-state index is 0.0598. The summed E-state index contributed by atoms with van der Waals surface area (Å²) in [5.74, 6) is -0.614. The van der Waals surface area contributed by atoms with Gasteiger partial charge in [-0.15, -0.1) is 0 Å². The van der Waals surface area contributed by atoms with Crippen molar-refractivity contribution in [3.05, 3.63) is 94.0 Å². The molecule has 160 valence electrons. The smallest absolute Gasteiger partial charge is 0.264 e. The molecule has 6 nitrogen and oxygen atoms in total. The number of hydrogen-bond donors (Lipinski definition) is 1. The normalized spacial score (nSPS) is 11.5. The fourth-order valence-electron chi connectivity index (χ4n) is 2.80. The van der Waals surface area contributed by atoms with Gasteiger partial charge in [0.25, 0.3) is 15.9 Å². The molecule has 0 unspecified atom stereocenters. The van der Waals surface area contributed by atoms with Crippen molar-refractivity contribution in [2.45, 2.75) is 11.8 Å². The predicted molar refractivity (Wildman–Crippen MR) is 124 cm³/mol. The van der Waals surface area contributed by atoms with Crippen LogP contribution < -0.4 is 9.73 Å². The van der Waals surface area contributed by atoms with Gasteiger partial charge in [-0.25, -0.2) is 13.8 Å². The van der Waals surface area contributed by atoms with Gasteiger partial charge < -0.3 is 0 Å². The Bertz CT molecular complexity index is 1220. The van der Waals surface area contributed by atoms with Crippen molar-refractivity contribution >= 4 is 51.0 Å². The maximum Gasteiger partial charge on any atom is 0.264 e. The summed E-state index contributed by atoms with van der Waals surface area (Å²) >= 11 is 12.0. The van der Waals surface area contributed by atoms with Gasteiger partial charge in [0.1, 0.15) is 6.54 Å². The van der Waals surface area contributed by atoms with Crippen LogP contribution in [0.1, 0.15) is 11.1 Å². The molecule has 0 radical (unpaired) electrons. The number of rotatable bonds is 7. The Morgan fingerprint density at radius 2 is 1.71 bits per heavy atom. The quantitative estimate of drug-likeness (QED) is 0.399. The number of anilines is 1. The highest BCUT2D eigenvalue weighted by atomic mass is 35.5. The van der Waals surface area contributed by atoms with Crippen LogP contribution in [0.5, 0.6) is 0 Å². The predicted octanol–water partition coefficient (Wildman–Crippen LogP) is 4.65. The lowest BCUT2D eigenvalue weighted by molar-refractivity contribution is -0.119. The lowest BCUT2D eigenvalue weighted by Crippen LogP contribution is -2.40. The fourth-order valence-corrected chi connectivity index (χ4v) is 4.67. The van der Waals surface area contributed by atoms with Gasteiger partial charge >= 0.3 is 0 Å². The van der Waals surface area contributed by atoms with E-state index in [2.05, 4.69) is 10.5 Å². The summed E-state index contributed by atoms with van der Waals surface area (Å²) < 4.78 is 27.7. The molecule has 0 saturated carbocycles. The molecule has 1 amide bonds. The maximum atomic E-state index is 13.3. The summed E-state index contributed by atoms with van der Waals surface area (Å²) in [5.41, 5.74) is 4.01. The van der Waals surface area contributed by atoms with Crippen molar-refractivity contribution in [2.24, 2.45) is 5.10 Å². The summed E-state index contributed by atoms with van der Waals surface area (Å²) in [6.45, 7) is 1.26.